The van der Waals surface area contributed by atoms with Crippen LogP contribution in [0.5, 0.6) is 5.75 Å². The van der Waals surface area contributed by atoms with Gasteiger partial charge in [-0.2, -0.15) is 0 Å². The largest absolute Gasteiger partial charge is 0.497 e. The van der Waals surface area contributed by atoms with Crippen LogP contribution in [0.4, 0.5) is 0 Å². The average molecular weight is 397 g/mol. The molecule has 8 heteroatoms. The Bertz CT molecular complexity index is 791. The van der Waals surface area contributed by atoms with Crippen molar-refractivity contribution in [2.24, 2.45) is 11.8 Å². The van der Waals surface area contributed by atoms with Gasteiger partial charge < -0.3 is 15.0 Å². The van der Waals surface area contributed by atoms with Crippen LogP contribution in [0.3, 0.4) is 0 Å². The zero-order chi connectivity index (χ0) is 20.2. The Kier molecular flexibility index (Phi) is 6.86. The third-order valence-electron chi connectivity index (χ3n) is 4.54. The number of methoxy groups -OCH3 is 1. The van der Waals surface area contributed by atoms with E-state index in [1.165, 1.54) is 4.90 Å². The highest BCUT2D eigenvalue weighted by molar-refractivity contribution is 7.91. The van der Waals surface area contributed by atoms with Crippen molar-refractivity contribution < 1.29 is 22.7 Å². The first-order valence-corrected chi connectivity index (χ1v) is 10.8. The van der Waals surface area contributed by atoms with Crippen LogP contribution in [-0.2, 0) is 26.0 Å². The van der Waals surface area contributed by atoms with E-state index in [1.54, 1.807) is 14.2 Å². The Morgan fingerprint density at radius 2 is 2.00 bits per heavy atom. The maximum absolute atomic E-state index is 12.9. The molecule has 150 valence electrons. The van der Waals surface area contributed by atoms with Gasteiger partial charge in [0.15, 0.2) is 9.84 Å². The summed E-state index contributed by atoms with van der Waals surface area (Å²) in [5.41, 5.74) is 0.881. The lowest BCUT2D eigenvalue weighted by atomic mass is 10.0. The highest BCUT2D eigenvalue weighted by Crippen LogP contribution is 2.23. The highest BCUT2D eigenvalue weighted by atomic mass is 32.2. The van der Waals surface area contributed by atoms with Crippen LogP contribution in [0.1, 0.15) is 25.8 Å². The molecule has 1 fully saturated rings. The number of ether oxygens (including phenoxy) is 1. The summed E-state index contributed by atoms with van der Waals surface area (Å²) in [5.74, 6) is -0.847. The molecular formula is C19H28N2O5S. The molecule has 0 spiro atoms. The predicted molar refractivity (Wildman–Crippen MR) is 103 cm³/mol. The Hall–Kier alpha value is -2.09. The minimum atomic E-state index is -3.36. The Morgan fingerprint density at radius 1 is 1.30 bits per heavy atom. The summed E-state index contributed by atoms with van der Waals surface area (Å²) >= 11 is 0. The van der Waals surface area contributed by atoms with Gasteiger partial charge in [-0.1, -0.05) is 26.0 Å². The number of benzene rings is 1. The molecule has 1 aromatic carbocycles. The van der Waals surface area contributed by atoms with Gasteiger partial charge in [0.2, 0.25) is 11.8 Å². The van der Waals surface area contributed by atoms with Crippen LogP contribution in [0, 0.1) is 11.8 Å². The lowest BCUT2D eigenvalue weighted by Gasteiger charge is -2.25. The second kappa shape index (κ2) is 8.73. The van der Waals surface area contributed by atoms with Crippen molar-refractivity contribution in [3.05, 3.63) is 29.8 Å². The zero-order valence-corrected chi connectivity index (χ0v) is 17.1. The molecule has 0 radical (unpaired) electrons. The molecule has 1 saturated heterocycles. The fourth-order valence-corrected chi connectivity index (χ4v) is 5.20. The van der Waals surface area contributed by atoms with Gasteiger partial charge in [0.1, 0.15) is 5.75 Å². The molecule has 0 saturated carbocycles. The maximum atomic E-state index is 12.9. The van der Waals surface area contributed by atoms with E-state index >= 15 is 0 Å². The molecule has 1 aliphatic rings. The van der Waals surface area contributed by atoms with E-state index in [4.69, 9.17) is 4.74 Å². The lowest BCUT2D eigenvalue weighted by molar-refractivity contribution is -0.135. The molecule has 2 atom stereocenters. The van der Waals surface area contributed by atoms with Crippen molar-refractivity contribution in [3.63, 3.8) is 0 Å². The van der Waals surface area contributed by atoms with Crippen LogP contribution in [0.15, 0.2) is 24.3 Å². The summed E-state index contributed by atoms with van der Waals surface area (Å²) in [6.07, 6.45) is 0.303. The summed E-state index contributed by atoms with van der Waals surface area (Å²) in [6, 6.07) is 6.68. The average Bonchev–Trinajstić information content (AvgIpc) is 2.87. The number of carbonyl (C=O) groups is 2. The fourth-order valence-electron chi connectivity index (χ4n) is 3.28. The molecule has 2 amide bonds. The smallest absolute Gasteiger partial charge is 0.228 e. The Labute approximate surface area is 161 Å². The van der Waals surface area contributed by atoms with Gasteiger partial charge in [0.05, 0.1) is 30.6 Å². The fraction of sp³-hybridized carbons (Fsp3) is 0.579. The normalized spacial score (nSPS) is 21.1. The van der Waals surface area contributed by atoms with Gasteiger partial charge in [-0.05, 0) is 23.6 Å². The molecule has 1 heterocycles. The molecule has 0 unspecified atom stereocenters. The summed E-state index contributed by atoms with van der Waals surface area (Å²) < 4.78 is 29.4. The van der Waals surface area contributed by atoms with E-state index < -0.39 is 21.8 Å². The quantitative estimate of drug-likeness (QED) is 0.748. The van der Waals surface area contributed by atoms with Crippen molar-refractivity contribution >= 4 is 21.7 Å². The van der Waals surface area contributed by atoms with Crippen molar-refractivity contribution in [1.82, 2.24) is 10.2 Å². The molecule has 1 aromatic rings. The number of amides is 2. The van der Waals surface area contributed by atoms with E-state index in [-0.39, 0.29) is 29.2 Å². The van der Waals surface area contributed by atoms with Crippen molar-refractivity contribution in [3.8, 4) is 5.75 Å². The highest BCUT2D eigenvalue weighted by Gasteiger charge is 2.43. The number of hydrogen-bond donors (Lipinski definition) is 1. The number of carbonyl (C=O) groups excluding carboxylic acids is 2. The van der Waals surface area contributed by atoms with Crippen LogP contribution in [0.25, 0.3) is 0 Å². The van der Waals surface area contributed by atoms with E-state index in [2.05, 4.69) is 5.32 Å². The van der Waals surface area contributed by atoms with Gasteiger partial charge in [0, 0.05) is 20.0 Å². The first kappa shape index (κ1) is 21.2. The molecule has 1 aliphatic heterocycles. The molecule has 7 nitrogen and oxygen atoms in total. The number of hydrogen-bond acceptors (Lipinski definition) is 5. The number of nitrogens with zero attached hydrogens (tertiary/aromatic N) is 1. The molecule has 0 bridgehead atoms. The zero-order valence-electron chi connectivity index (χ0n) is 16.3. The monoisotopic (exact) mass is 396 g/mol. The van der Waals surface area contributed by atoms with Crippen LogP contribution < -0.4 is 10.1 Å². The van der Waals surface area contributed by atoms with Gasteiger partial charge in [0.25, 0.3) is 0 Å². The third kappa shape index (κ3) is 5.95. The molecule has 2 rings (SSSR count). The third-order valence-corrected chi connectivity index (χ3v) is 6.27. The van der Waals surface area contributed by atoms with E-state index in [1.807, 2.05) is 38.1 Å². The van der Waals surface area contributed by atoms with E-state index in [0.717, 1.165) is 5.56 Å². The Morgan fingerprint density at radius 3 is 2.63 bits per heavy atom. The van der Waals surface area contributed by atoms with Crippen LogP contribution in [0.2, 0.25) is 0 Å². The molecule has 0 aliphatic carbocycles. The predicted octanol–water partition coefficient (Wildman–Crippen LogP) is 1.23. The van der Waals surface area contributed by atoms with E-state index in [0.29, 0.717) is 18.7 Å². The van der Waals surface area contributed by atoms with Gasteiger partial charge >= 0.3 is 0 Å². The van der Waals surface area contributed by atoms with Gasteiger partial charge in [-0.3, -0.25) is 9.59 Å². The SMILES string of the molecule is COc1cccc(CN(C)C(=O)[C@@H]2CS(=O)(=O)C[C@H]2NC(=O)CC(C)C)c1. The van der Waals surface area contributed by atoms with Gasteiger partial charge in [-0.15, -0.1) is 0 Å². The first-order chi connectivity index (χ1) is 12.6. The van der Waals surface area contributed by atoms with Crippen molar-refractivity contribution in [2.45, 2.75) is 32.9 Å². The second-order valence-electron chi connectivity index (χ2n) is 7.50. The lowest BCUT2D eigenvalue weighted by Crippen LogP contribution is -2.46. The summed E-state index contributed by atoms with van der Waals surface area (Å²) in [5, 5.41) is 2.75. The Balaban J connectivity index is 2.09. The standard InChI is InChI=1S/C19H28N2O5S/c1-13(2)8-18(22)20-17-12-27(24,25)11-16(17)19(23)21(3)10-14-6-5-7-15(9-14)26-4/h5-7,9,13,16-17H,8,10-12H2,1-4H3,(H,20,22)/t16-,17-/m1/s1. The molecule has 27 heavy (non-hydrogen) atoms. The minimum Gasteiger partial charge on any atom is -0.497 e. The summed E-state index contributed by atoms with van der Waals surface area (Å²) in [6.45, 7) is 4.16. The van der Waals surface area contributed by atoms with Crippen LogP contribution >= 0.6 is 0 Å². The number of rotatable bonds is 7. The first-order valence-electron chi connectivity index (χ1n) is 8.99. The minimum absolute atomic E-state index is 0.160. The second-order valence-corrected chi connectivity index (χ2v) is 9.66. The number of nitrogens with one attached hydrogen (secondary N) is 1. The number of sulfone groups is 1. The molecular weight excluding hydrogens is 368 g/mol. The topological polar surface area (TPSA) is 92.8 Å². The van der Waals surface area contributed by atoms with Gasteiger partial charge in [-0.25, -0.2) is 8.42 Å². The molecule has 1 N–H and O–H groups in total. The van der Waals surface area contributed by atoms with Crippen LogP contribution in [-0.4, -0.2) is 56.8 Å². The van der Waals surface area contributed by atoms with Crippen molar-refractivity contribution in [2.75, 3.05) is 25.7 Å². The maximum Gasteiger partial charge on any atom is 0.228 e. The summed E-state index contributed by atoms with van der Waals surface area (Å²) in [7, 11) is -0.153. The molecule has 0 aromatic heterocycles. The van der Waals surface area contributed by atoms with E-state index in [9.17, 15) is 18.0 Å². The van der Waals surface area contributed by atoms with Crippen molar-refractivity contribution in [1.29, 1.82) is 0 Å². The summed E-state index contributed by atoms with van der Waals surface area (Å²) in [4.78, 5) is 26.5.